The van der Waals surface area contributed by atoms with Crippen LogP contribution in [0.1, 0.15) is 56.1 Å². The zero-order valence-electron chi connectivity index (χ0n) is 22.2. The van der Waals surface area contributed by atoms with Crippen LogP contribution < -0.4 is 10.5 Å². The van der Waals surface area contributed by atoms with Crippen LogP contribution in [0.15, 0.2) is 12.4 Å². The highest BCUT2D eigenvalue weighted by atomic mass is 35.5. The number of carbonyl (C=O) groups is 1. The molecule has 2 aliphatic rings. The van der Waals surface area contributed by atoms with E-state index in [0.717, 1.165) is 40.1 Å². The van der Waals surface area contributed by atoms with Crippen molar-refractivity contribution in [3.05, 3.63) is 39.8 Å². The molecule has 198 valence electrons. The molecule has 0 saturated carbocycles. The van der Waals surface area contributed by atoms with Crippen LogP contribution in [0.3, 0.4) is 0 Å². The number of fused-ring (bicyclic) bond motifs is 2. The lowest BCUT2D eigenvalue weighted by atomic mass is 9.97. The van der Waals surface area contributed by atoms with Gasteiger partial charge < -0.3 is 20.1 Å². The Morgan fingerprint density at radius 1 is 1.27 bits per heavy atom. The number of nitrogens with zero attached hydrogens (tertiary/aromatic N) is 6. The van der Waals surface area contributed by atoms with E-state index in [2.05, 4.69) is 21.8 Å². The molecule has 0 bridgehead atoms. The van der Waals surface area contributed by atoms with Gasteiger partial charge in [0.15, 0.2) is 5.65 Å². The number of carbonyl (C=O) groups excluding carboxylic acids is 1. The first kappa shape index (κ1) is 25.5. The van der Waals surface area contributed by atoms with Crippen LogP contribution in [-0.2, 0) is 11.3 Å². The van der Waals surface area contributed by atoms with Crippen LogP contribution in [0.4, 0.5) is 10.6 Å². The Labute approximate surface area is 221 Å². The molecule has 5 rings (SSSR count). The van der Waals surface area contributed by atoms with Crippen LogP contribution in [0.25, 0.3) is 11.0 Å². The standard InChI is InChI=1S/C26H34ClN7O3/c1-14-19-12-32(17-10-33(11-17)25(35)37-26(4,5)6)7-8-36-22(19)18(9-20(14)27)16(3)34-24-21(15(2)31-34)23(28)29-13-30-24/h9,13,16-17H,7-8,10-12H2,1-6H3,(H2,28,29,30). The molecule has 2 aliphatic heterocycles. The molecule has 1 saturated heterocycles. The van der Waals surface area contributed by atoms with Gasteiger partial charge in [-0.15, -0.1) is 0 Å². The van der Waals surface area contributed by atoms with E-state index in [1.165, 1.54) is 6.33 Å². The van der Waals surface area contributed by atoms with Crippen molar-refractivity contribution in [2.75, 3.05) is 32.0 Å². The molecule has 1 aromatic carbocycles. The number of hydrogen-bond acceptors (Lipinski definition) is 8. The molecule has 3 aromatic rings. The van der Waals surface area contributed by atoms with Crippen molar-refractivity contribution in [3.8, 4) is 5.75 Å². The molecule has 37 heavy (non-hydrogen) atoms. The predicted octanol–water partition coefficient (Wildman–Crippen LogP) is 4.10. The Morgan fingerprint density at radius 3 is 2.70 bits per heavy atom. The number of amides is 1. The van der Waals surface area contributed by atoms with E-state index in [0.29, 0.717) is 42.7 Å². The lowest BCUT2D eigenvalue weighted by molar-refractivity contribution is -0.0175. The second kappa shape index (κ2) is 9.33. The van der Waals surface area contributed by atoms with Crippen LogP contribution in [0.5, 0.6) is 5.75 Å². The summed E-state index contributed by atoms with van der Waals surface area (Å²) in [6.07, 6.45) is 1.19. The molecule has 1 amide bonds. The van der Waals surface area contributed by atoms with Crippen molar-refractivity contribution in [2.24, 2.45) is 0 Å². The number of likely N-dealkylation sites (tertiary alicyclic amines) is 1. The monoisotopic (exact) mass is 527 g/mol. The number of hydrogen-bond donors (Lipinski definition) is 1. The van der Waals surface area contributed by atoms with Gasteiger partial charge in [0.05, 0.1) is 17.1 Å². The van der Waals surface area contributed by atoms with Crippen molar-refractivity contribution < 1.29 is 14.3 Å². The summed E-state index contributed by atoms with van der Waals surface area (Å²) >= 11 is 6.77. The minimum absolute atomic E-state index is 0.199. The lowest BCUT2D eigenvalue weighted by Crippen LogP contribution is -2.61. The average Bonchev–Trinajstić information content (AvgIpc) is 2.97. The molecule has 1 fully saturated rings. The van der Waals surface area contributed by atoms with Gasteiger partial charge in [0, 0.05) is 48.4 Å². The predicted molar refractivity (Wildman–Crippen MR) is 142 cm³/mol. The van der Waals surface area contributed by atoms with Gasteiger partial charge in [0.2, 0.25) is 0 Å². The second-order valence-corrected chi connectivity index (χ2v) is 11.3. The van der Waals surface area contributed by atoms with E-state index in [-0.39, 0.29) is 18.2 Å². The first-order chi connectivity index (χ1) is 17.4. The van der Waals surface area contributed by atoms with Gasteiger partial charge in [0.1, 0.15) is 30.1 Å². The lowest BCUT2D eigenvalue weighted by Gasteiger charge is -2.45. The van der Waals surface area contributed by atoms with Gasteiger partial charge >= 0.3 is 6.09 Å². The molecule has 4 heterocycles. The summed E-state index contributed by atoms with van der Waals surface area (Å²) in [6.45, 7) is 14.9. The van der Waals surface area contributed by atoms with E-state index in [1.54, 1.807) is 4.90 Å². The van der Waals surface area contributed by atoms with Crippen molar-refractivity contribution >= 4 is 34.5 Å². The zero-order chi connectivity index (χ0) is 26.6. The second-order valence-electron chi connectivity index (χ2n) is 10.9. The van der Waals surface area contributed by atoms with Crippen molar-refractivity contribution in [3.63, 3.8) is 0 Å². The maximum atomic E-state index is 12.4. The van der Waals surface area contributed by atoms with Gasteiger partial charge in [-0.2, -0.15) is 5.10 Å². The Balaban J connectivity index is 1.43. The zero-order valence-corrected chi connectivity index (χ0v) is 23.0. The van der Waals surface area contributed by atoms with Gasteiger partial charge in [-0.3, -0.25) is 4.90 Å². The molecule has 0 radical (unpaired) electrons. The fraction of sp³-hybridized carbons (Fsp3) is 0.538. The van der Waals surface area contributed by atoms with E-state index < -0.39 is 5.60 Å². The maximum Gasteiger partial charge on any atom is 0.410 e. The van der Waals surface area contributed by atoms with E-state index >= 15 is 0 Å². The van der Waals surface area contributed by atoms with Crippen molar-refractivity contribution in [1.29, 1.82) is 0 Å². The number of aromatic nitrogens is 4. The number of anilines is 1. The van der Waals surface area contributed by atoms with Gasteiger partial charge in [-0.05, 0) is 53.2 Å². The normalized spacial score (nSPS) is 17.6. The van der Waals surface area contributed by atoms with E-state index in [9.17, 15) is 4.79 Å². The van der Waals surface area contributed by atoms with E-state index in [1.807, 2.05) is 45.4 Å². The molecule has 1 unspecified atom stereocenters. The third kappa shape index (κ3) is 4.68. The Hall–Kier alpha value is -3.11. The number of ether oxygens (including phenoxy) is 2. The highest BCUT2D eigenvalue weighted by molar-refractivity contribution is 6.31. The summed E-state index contributed by atoms with van der Waals surface area (Å²) in [6, 6.07) is 2.01. The third-order valence-electron chi connectivity index (χ3n) is 7.16. The van der Waals surface area contributed by atoms with Gasteiger partial charge in [-0.1, -0.05) is 11.6 Å². The first-order valence-electron chi connectivity index (χ1n) is 12.6. The fourth-order valence-corrected chi connectivity index (χ4v) is 5.29. The highest BCUT2D eigenvalue weighted by Gasteiger charge is 2.38. The molecule has 10 nitrogen and oxygen atoms in total. The van der Waals surface area contributed by atoms with Crippen molar-refractivity contribution in [2.45, 2.75) is 65.8 Å². The molecule has 0 aliphatic carbocycles. The summed E-state index contributed by atoms with van der Waals surface area (Å²) < 4.78 is 13.8. The molecule has 2 aromatic heterocycles. The van der Waals surface area contributed by atoms with Crippen LogP contribution in [0, 0.1) is 13.8 Å². The van der Waals surface area contributed by atoms with Crippen LogP contribution in [-0.4, -0.2) is 73.5 Å². The number of halogens is 1. The SMILES string of the molecule is Cc1c(Cl)cc(C(C)n2nc(C)c3c(N)ncnc32)c2c1CN(C1CN(C(=O)OC(C)(C)C)C1)CCO2. The van der Waals surface area contributed by atoms with Gasteiger partial charge in [-0.25, -0.2) is 19.4 Å². The number of benzene rings is 1. The number of aryl methyl sites for hydroxylation is 1. The Morgan fingerprint density at radius 2 is 2.00 bits per heavy atom. The summed E-state index contributed by atoms with van der Waals surface area (Å²) in [5.74, 6) is 1.25. The summed E-state index contributed by atoms with van der Waals surface area (Å²) in [5.41, 5.74) is 10.1. The number of rotatable bonds is 3. The fourth-order valence-electron chi connectivity index (χ4n) is 5.06. The Kier molecular flexibility index (Phi) is 6.44. The average molecular weight is 528 g/mol. The van der Waals surface area contributed by atoms with Crippen LogP contribution >= 0.6 is 11.6 Å². The summed E-state index contributed by atoms with van der Waals surface area (Å²) in [5, 5.41) is 6.18. The third-order valence-corrected chi connectivity index (χ3v) is 7.55. The molecule has 2 N–H and O–H groups in total. The molecule has 11 heteroatoms. The summed E-state index contributed by atoms with van der Waals surface area (Å²) in [4.78, 5) is 25.1. The first-order valence-corrected chi connectivity index (χ1v) is 12.9. The molecule has 1 atom stereocenters. The minimum atomic E-state index is -0.505. The number of nitrogen functional groups attached to an aromatic ring is 1. The molecular formula is C26H34ClN7O3. The number of nitrogens with two attached hydrogens (primary N) is 1. The van der Waals surface area contributed by atoms with Gasteiger partial charge in [0.25, 0.3) is 0 Å². The molecule has 0 spiro atoms. The maximum absolute atomic E-state index is 12.4. The minimum Gasteiger partial charge on any atom is -0.492 e. The van der Waals surface area contributed by atoms with Crippen molar-refractivity contribution in [1.82, 2.24) is 29.5 Å². The highest BCUT2D eigenvalue weighted by Crippen LogP contribution is 2.40. The smallest absolute Gasteiger partial charge is 0.410 e. The van der Waals surface area contributed by atoms with E-state index in [4.69, 9.17) is 31.9 Å². The summed E-state index contributed by atoms with van der Waals surface area (Å²) in [7, 11) is 0. The topological polar surface area (TPSA) is 112 Å². The quantitative estimate of drug-likeness (QED) is 0.542. The largest absolute Gasteiger partial charge is 0.492 e. The molecular weight excluding hydrogens is 494 g/mol. The Bertz CT molecular complexity index is 1360. The van der Waals surface area contributed by atoms with Crippen LogP contribution in [0.2, 0.25) is 5.02 Å².